The van der Waals surface area contributed by atoms with Crippen LogP contribution in [0.2, 0.25) is 0 Å². The van der Waals surface area contributed by atoms with E-state index in [0.29, 0.717) is 15.1 Å². The number of aromatic nitrogens is 2. The molecule has 0 saturated heterocycles. The maximum atomic E-state index is 13.5. The highest BCUT2D eigenvalue weighted by Gasteiger charge is 2.13. The van der Waals surface area contributed by atoms with Crippen molar-refractivity contribution in [1.29, 1.82) is 0 Å². The summed E-state index contributed by atoms with van der Waals surface area (Å²) in [6.07, 6.45) is 0. The van der Waals surface area contributed by atoms with Crippen LogP contribution in [0.25, 0.3) is 10.3 Å². The number of nitrogens with zero attached hydrogens (tertiary/aromatic N) is 1. The molecule has 2 heterocycles. The third-order valence-corrected chi connectivity index (χ3v) is 5.10. The smallest absolute Gasteiger partial charge is 0.253 e. The zero-order valence-electron chi connectivity index (χ0n) is 11.8. The van der Waals surface area contributed by atoms with E-state index < -0.39 is 23.1 Å². The van der Waals surface area contributed by atoms with E-state index in [0.717, 1.165) is 41.3 Å². The number of carbonyl (C=O) groups is 1. The lowest BCUT2D eigenvalue weighted by molar-refractivity contribution is -0.113. The Balaban J connectivity index is 1.68. The summed E-state index contributed by atoms with van der Waals surface area (Å²) in [5, 5.41) is 12.0. The van der Waals surface area contributed by atoms with E-state index in [-0.39, 0.29) is 22.8 Å². The van der Waals surface area contributed by atoms with E-state index in [4.69, 9.17) is 0 Å². The second kappa shape index (κ2) is 6.57. The minimum absolute atomic E-state index is 0.0678. The van der Waals surface area contributed by atoms with Gasteiger partial charge in [-0.1, -0.05) is 11.8 Å². The number of nitrogens with one attached hydrogen (secondary N) is 2. The van der Waals surface area contributed by atoms with E-state index >= 15 is 0 Å². The molecule has 1 aromatic carbocycles. The highest BCUT2D eigenvalue weighted by Crippen LogP contribution is 2.32. The number of hydrogen-bond donors (Lipinski definition) is 3. The maximum absolute atomic E-state index is 13.5. The van der Waals surface area contributed by atoms with Gasteiger partial charge in [-0.15, -0.1) is 11.3 Å². The summed E-state index contributed by atoms with van der Waals surface area (Å²) in [5.41, 5.74) is -0.364. The van der Waals surface area contributed by atoms with Crippen LogP contribution in [-0.4, -0.2) is 26.7 Å². The van der Waals surface area contributed by atoms with Crippen molar-refractivity contribution in [2.45, 2.75) is 4.34 Å². The van der Waals surface area contributed by atoms with E-state index in [1.54, 1.807) is 0 Å². The molecule has 0 aliphatic rings. The molecule has 6 nitrogen and oxygen atoms in total. The Morgan fingerprint density at radius 3 is 2.92 bits per heavy atom. The predicted octanol–water partition coefficient (Wildman–Crippen LogP) is 2.70. The molecule has 2 aromatic heterocycles. The fourth-order valence-electron chi connectivity index (χ4n) is 1.87. The lowest BCUT2D eigenvalue weighted by Crippen LogP contribution is -2.15. The topological polar surface area (TPSA) is 95.1 Å². The number of aromatic amines is 1. The highest BCUT2D eigenvalue weighted by molar-refractivity contribution is 8.01. The molecule has 3 N–H and O–H groups in total. The summed E-state index contributed by atoms with van der Waals surface area (Å²) in [7, 11) is 0. The van der Waals surface area contributed by atoms with Crippen molar-refractivity contribution in [3.8, 4) is 5.75 Å². The van der Waals surface area contributed by atoms with Crippen LogP contribution in [0.4, 0.5) is 14.5 Å². The van der Waals surface area contributed by atoms with E-state index in [9.17, 15) is 23.5 Å². The van der Waals surface area contributed by atoms with Crippen LogP contribution in [0.5, 0.6) is 5.75 Å². The molecule has 0 radical (unpaired) electrons. The number of thiazole rings is 1. The number of anilines is 1. The molecule has 0 aliphatic carbocycles. The molecule has 124 valence electrons. The van der Waals surface area contributed by atoms with E-state index in [1.165, 1.54) is 0 Å². The van der Waals surface area contributed by atoms with Crippen molar-refractivity contribution in [2.24, 2.45) is 0 Å². The van der Waals surface area contributed by atoms with Gasteiger partial charge in [0.05, 0.1) is 11.4 Å². The summed E-state index contributed by atoms with van der Waals surface area (Å²) in [6, 6.07) is 3.89. The van der Waals surface area contributed by atoms with Gasteiger partial charge in [0.15, 0.2) is 9.99 Å². The Bertz CT molecular complexity index is 987. The number of benzene rings is 1. The Hall–Kier alpha value is -2.46. The largest absolute Gasteiger partial charge is 0.506 e. The number of pyridine rings is 1. The minimum Gasteiger partial charge on any atom is -0.506 e. The summed E-state index contributed by atoms with van der Waals surface area (Å²) in [6.45, 7) is 0. The standard InChI is InChI=1S/C14H9F2N3O3S2/c15-6-1-2-8(7(16)3-6)17-11(22)5-23-14-19-13-12(24-14)9(20)4-10(21)18-13/h1-4H,5H2,(H,17,22)(H2,18,20,21). The second-order valence-electron chi connectivity index (χ2n) is 4.64. The zero-order chi connectivity index (χ0) is 17.3. The first-order valence-corrected chi connectivity index (χ1v) is 8.33. The molecule has 0 atom stereocenters. The van der Waals surface area contributed by atoms with Crippen molar-refractivity contribution in [3.63, 3.8) is 0 Å². The predicted molar refractivity (Wildman–Crippen MR) is 87.6 cm³/mol. The number of aromatic hydroxyl groups is 1. The summed E-state index contributed by atoms with van der Waals surface area (Å²) >= 11 is 2.18. The Morgan fingerprint density at radius 1 is 1.38 bits per heavy atom. The Labute approximate surface area is 141 Å². The van der Waals surface area contributed by atoms with Crippen LogP contribution in [0.1, 0.15) is 0 Å². The summed E-state index contributed by atoms with van der Waals surface area (Å²) in [4.78, 5) is 29.7. The van der Waals surface area contributed by atoms with Crippen molar-refractivity contribution in [3.05, 3.63) is 46.3 Å². The van der Waals surface area contributed by atoms with E-state index in [2.05, 4.69) is 15.3 Å². The van der Waals surface area contributed by atoms with Crippen molar-refractivity contribution >= 4 is 45.0 Å². The number of carbonyl (C=O) groups excluding carboxylic acids is 1. The maximum Gasteiger partial charge on any atom is 0.253 e. The molecule has 3 rings (SSSR count). The molecule has 0 aliphatic heterocycles. The van der Waals surface area contributed by atoms with Gasteiger partial charge in [0.25, 0.3) is 5.56 Å². The Kier molecular flexibility index (Phi) is 4.49. The fraction of sp³-hybridized carbons (Fsp3) is 0.0714. The number of hydrogen-bond acceptors (Lipinski definition) is 6. The molecule has 3 aromatic rings. The minimum atomic E-state index is -0.865. The van der Waals surface area contributed by atoms with Gasteiger partial charge in [-0.3, -0.25) is 9.59 Å². The Morgan fingerprint density at radius 2 is 2.17 bits per heavy atom. The number of H-pyrrole nitrogens is 1. The molecule has 24 heavy (non-hydrogen) atoms. The van der Waals surface area contributed by atoms with Gasteiger partial charge in [0, 0.05) is 12.1 Å². The average molecular weight is 369 g/mol. The van der Waals surface area contributed by atoms with Gasteiger partial charge < -0.3 is 15.4 Å². The monoisotopic (exact) mass is 369 g/mol. The van der Waals surface area contributed by atoms with Crippen LogP contribution in [0.3, 0.4) is 0 Å². The van der Waals surface area contributed by atoms with Gasteiger partial charge in [-0.2, -0.15) is 0 Å². The molecule has 0 saturated carbocycles. The first-order chi connectivity index (χ1) is 11.4. The fourth-order valence-corrected chi connectivity index (χ4v) is 3.68. The van der Waals surface area contributed by atoms with Crippen molar-refractivity contribution in [1.82, 2.24) is 9.97 Å². The van der Waals surface area contributed by atoms with Gasteiger partial charge in [0.1, 0.15) is 22.1 Å². The van der Waals surface area contributed by atoms with Gasteiger partial charge >= 0.3 is 0 Å². The molecular weight excluding hydrogens is 360 g/mol. The molecule has 0 bridgehead atoms. The first-order valence-electron chi connectivity index (χ1n) is 6.53. The number of rotatable bonds is 4. The SMILES string of the molecule is O=C(CSc1nc2[nH]c(=O)cc(O)c2s1)Nc1ccc(F)cc1F. The summed E-state index contributed by atoms with van der Waals surface area (Å²) < 4.78 is 27.1. The molecular formula is C14H9F2N3O3S2. The molecule has 0 spiro atoms. The van der Waals surface area contributed by atoms with Crippen molar-refractivity contribution in [2.75, 3.05) is 11.1 Å². The van der Waals surface area contributed by atoms with Crippen molar-refractivity contribution < 1.29 is 18.7 Å². The lowest BCUT2D eigenvalue weighted by Gasteiger charge is -2.05. The number of halogens is 2. The third-order valence-electron chi connectivity index (χ3n) is 2.88. The normalized spacial score (nSPS) is 10.9. The van der Waals surface area contributed by atoms with Crippen LogP contribution in [0.15, 0.2) is 33.4 Å². The number of amides is 1. The molecule has 1 amide bonds. The zero-order valence-corrected chi connectivity index (χ0v) is 13.4. The van der Waals surface area contributed by atoms with Gasteiger partial charge in [-0.25, -0.2) is 13.8 Å². The third kappa shape index (κ3) is 3.54. The van der Waals surface area contributed by atoms with Crippen LogP contribution < -0.4 is 10.9 Å². The summed E-state index contributed by atoms with van der Waals surface area (Å²) in [5.74, 6) is -2.35. The molecule has 0 fully saturated rings. The lowest BCUT2D eigenvalue weighted by atomic mass is 10.3. The van der Waals surface area contributed by atoms with Crippen LogP contribution >= 0.6 is 23.1 Å². The molecule has 0 unspecified atom stereocenters. The van der Waals surface area contributed by atoms with Gasteiger partial charge in [-0.05, 0) is 12.1 Å². The first kappa shape index (κ1) is 16.4. The van der Waals surface area contributed by atoms with Gasteiger partial charge in [0.2, 0.25) is 5.91 Å². The quantitative estimate of drug-likeness (QED) is 0.615. The number of thioether (sulfide) groups is 1. The molecule has 10 heteroatoms. The second-order valence-corrected chi connectivity index (χ2v) is 6.86. The van der Waals surface area contributed by atoms with E-state index in [1.807, 2.05) is 0 Å². The van der Waals surface area contributed by atoms with Crippen LogP contribution in [0, 0.1) is 11.6 Å². The number of fused-ring (bicyclic) bond motifs is 1. The highest BCUT2D eigenvalue weighted by atomic mass is 32.2. The van der Waals surface area contributed by atoms with Crippen LogP contribution in [-0.2, 0) is 4.79 Å². The average Bonchev–Trinajstić information content (AvgIpc) is 2.91.